The molecule has 0 aliphatic rings. The standard InChI is InChI=1S/C17H21N5S/c1-4-22(5-2)15-7-6-13(9-18-15)10-19-16-14-8-12(3)23-17(14)21-11-20-16/h6-9,11H,4-5,10H2,1-3H3,(H,19,20,21). The lowest BCUT2D eigenvalue weighted by Gasteiger charge is -2.19. The molecule has 0 aliphatic heterocycles. The normalized spacial score (nSPS) is 10.9. The molecule has 0 aromatic carbocycles. The predicted molar refractivity (Wildman–Crippen MR) is 97.3 cm³/mol. The van der Waals surface area contributed by atoms with Crippen molar-refractivity contribution in [3.63, 3.8) is 0 Å². The van der Waals surface area contributed by atoms with Gasteiger partial charge < -0.3 is 10.2 Å². The van der Waals surface area contributed by atoms with Gasteiger partial charge in [-0.2, -0.15) is 0 Å². The molecule has 0 radical (unpaired) electrons. The molecular weight excluding hydrogens is 306 g/mol. The van der Waals surface area contributed by atoms with Gasteiger partial charge in [-0.05, 0) is 38.5 Å². The van der Waals surface area contributed by atoms with Crippen molar-refractivity contribution in [1.82, 2.24) is 15.0 Å². The van der Waals surface area contributed by atoms with Crippen LogP contribution in [-0.2, 0) is 6.54 Å². The second kappa shape index (κ2) is 6.91. The monoisotopic (exact) mass is 327 g/mol. The first-order valence-corrected chi connectivity index (χ1v) is 8.67. The maximum Gasteiger partial charge on any atom is 0.138 e. The van der Waals surface area contributed by atoms with Crippen molar-refractivity contribution in [2.75, 3.05) is 23.3 Å². The second-order valence-electron chi connectivity index (χ2n) is 5.35. The summed E-state index contributed by atoms with van der Waals surface area (Å²) in [5.41, 5.74) is 1.14. The fourth-order valence-electron chi connectivity index (χ4n) is 2.56. The summed E-state index contributed by atoms with van der Waals surface area (Å²) in [5.74, 6) is 1.91. The molecular formula is C17H21N5S. The lowest BCUT2D eigenvalue weighted by Crippen LogP contribution is -2.22. The quantitative estimate of drug-likeness (QED) is 0.745. The second-order valence-corrected chi connectivity index (χ2v) is 6.58. The Bertz CT molecular complexity index is 777. The largest absolute Gasteiger partial charge is 0.365 e. The number of nitrogens with zero attached hydrogens (tertiary/aromatic N) is 4. The van der Waals surface area contributed by atoms with E-state index in [0.29, 0.717) is 6.54 Å². The molecule has 6 heteroatoms. The Hall–Kier alpha value is -2.21. The summed E-state index contributed by atoms with van der Waals surface area (Å²) in [4.78, 5) is 17.7. The van der Waals surface area contributed by atoms with E-state index in [2.05, 4.69) is 64.1 Å². The molecule has 3 rings (SSSR count). The molecule has 5 nitrogen and oxygen atoms in total. The van der Waals surface area contributed by atoms with E-state index in [-0.39, 0.29) is 0 Å². The Kier molecular flexibility index (Phi) is 4.71. The van der Waals surface area contributed by atoms with Crippen LogP contribution in [0, 0.1) is 6.92 Å². The van der Waals surface area contributed by atoms with E-state index >= 15 is 0 Å². The molecule has 0 atom stereocenters. The number of rotatable bonds is 6. The number of nitrogens with one attached hydrogen (secondary N) is 1. The van der Waals surface area contributed by atoms with E-state index in [1.807, 2.05) is 6.20 Å². The van der Waals surface area contributed by atoms with Crippen LogP contribution in [0.2, 0.25) is 0 Å². The van der Waals surface area contributed by atoms with Crippen molar-refractivity contribution < 1.29 is 0 Å². The Morgan fingerprint density at radius 2 is 1.96 bits per heavy atom. The van der Waals surface area contributed by atoms with Crippen molar-refractivity contribution in [3.05, 3.63) is 41.2 Å². The number of hydrogen-bond donors (Lipinski definition) is 1. The van der Waals surface area contributed by atoms with Gasteiger partial charge in [0.15, 0.2) is 0 Å². The molecule has 120 valence electrons. The van der Waals surface area contributed by atoms with Gasteiger partial charge in [-0.15, -0.1) is 11.3 Å². The van der Waals surface area contributed by atoms with E-state index in [0.717, 1.165) is 40.5 Å². The summed E-state index contributed by atoms with van der Waals surface area (Å²) in [7, 11) is 0. The van der Waals surface area contributed by atoms with Crippen LogP contribution in [-0.4, -0.2) is 28.0 Å². The summed E-state index contributed by atoms with van der Waals surface area (Å²) < 4.78 is 0. The van der Waals surface area contributed by atoms with E-state index in [4.69, 9.17) is 0 Å². The number of aromatic nitrogens is 3. The van der Waals surface area contributed by atoms with Gasteiger partial charge in [0.1, 0.15) is 22.8 Å². The van der Waals surface area contributed by atoms with Crippen molar-refractivity contribution in [2.45, 2.75) is 27.3 Å². The van der Waals surface area contributed by atoms with Crippen LogP contribution in [0.5, 0.6) is 0 Å². The van der Waals surface area contributed by atoms with E-state index in [1.54, 1.807) is 17.7 Å². The third kappa shape index (κ3) is 3.42. The predicted octanol–water partition coefficient (Wildman–Crippen LogP) is 3.85. The third-order valence-corrected chi connectivity index (χ3v) is 4.77. The highest BCUT2D eigenvalue weighted by molar-refractivity contribution is 7.18. The van der Waals surface area contributed by atoms with Crippen LogP contribution in [0.4, 0.5) is 11.6 Å². The Labute approximate surface area is 140 Å². The number of hydrogen-bond acceptors (Lipinski definition) is 6. The Morgan fingerprint density at radius 3 is 2.65 bits per heavy atom. The summed E-state index contributed by atoms with van der Waals surface area (Å²) in [5, 5.41) is 4.48. The van der Waals surface area contributed by atoms with Crippen molar-refractivity contribution in [3.8, 4) is 0 Å². The van der Waals surface area contributed by atoms with Gasteiger partial charge in [-0.25, -0.2) is 15.0 Å². The Morgan fingerprint density at radius 1 is 1.13 bits per heavy atom. The van der Waals surface area contributed by atoms with Crippen LogP contribution in [0.1, 0.15) is 24.3 Å². The van der Waals surface area contributed by atoms with Gasteiger partial charge >= 0.3 is 0 Å². The van der Waals surface area contributed by atoms with Crippen molar-refractivity contribution in [1.29, 1.82) is 0 Å². The highest BCUT2D eigenvalue weighted by Crippen LogP contribution is 2.27. The smallest absolute Gasteiger partial charge is 0.138 e. The molecule has 0 bridgehead atoms. The van der Waals surface area contributed by atoms with E-state index in [1.165, 1.54) is 4.88 Å². The van der Waals surface area contributed by atoms with Crippen LogP contribution in [0.15, 0.2) is 30.7 Å². The first-order chi connectivity index (χ1) is 11.2. The highest BCUT2D eigenvalue weighted by Gasteiger charge is 2.07. The lowest BCUT2D eigenvalue weighted by molar-refractivity contribution is 0.844. The molecule has 3 aromatic heterocycles. The van der Waals surface area contributed by atoms with Gasteiger partial charge in [0, 0.05) is 30.7 Å². The SMILES string of the molecule is CCN(CC)c1ccc(CNc2ncnc3sc(C)cc23)cn1. The molecule has 1 N–H and O–H groups in total. The molecule has 0 unspecified atom stereocenters. The molecule has 0 aliphatic carbocycles. The maximum absolute atomic E-state index is 4.55. The van der Waals surface area contributed by atoms with Crippen LogP contribution in [0.3, 0.4) is 0 Å². The zero-order valence-electron chi connectivity index (χ0n) is 13.7. The number of pyridine rings is 1. The average Bonchev–Trinajstić information content (AvgIpc) is 2.96. The average molecular weight is 327 g/mol. The first-order valence-electron chi connectivity index (χ1n) is 7.86. The van der Waals surface area contributed by atoms with Gasteiger partial charge in [0.05, 0.1) is 5.39 Å². The highest BCUT2D eigenvalue weighted by atomic mass is 32.1. The van der Waals surface area contributed by atoms with E-state index in [9.17, 15) is 0 Å². The molecule has 0 fully saturated rings. The summed E-state index contributed by atoms with van der Waals surface area (Å²) >= 11 is 1.69. The summed E-state index contributed by atoms with van der Waals surface area (Å²) in [6.45, 7) is 9.02. The van der Waals surface area contributed by atoms with Crippen LogP contribution in [0.25, 0.3) is 10.2 Å². The van der Waals surface area contributed by atoms with Crippen LogP contribution >= 0.6 is 11.3 Å². The fraction of sp³-hybridized carbons (Fsp3) is 0.353. The first kappa shape index (κ1) is 15.7. The van der Waals surface area contributed by atoms with Crippen molar-refractivity contribution in [2.24, 2.45) is 0 Å². The molecule has 3 heterocycles. The topological polar surface area (TPSA) is 53.9 Å². The van der Waals surface area contributed by atoms with Crippen LogP contribution < -0.4 is 10.2 Å². The minimum atomic E-state index is 0.701. The zero-order chi connectivity index (χ0) is 16.2. The van der Waals surface area contributed by atoms with Crippen molar-refractivity contribution >= 4 is 33.2 Å². The molecule has 0 amide bonds. The molecule has 0 spiro atoms. The number of fused-ring (bicyclic) bond motifs is 1. The third-order valence-electron chi connectivity index (χ3n) is 3.81. The lowest BCUT2D eigenvalue weighted by atomic mass is 10.2. The molecule has 0 saturated carbocycles. The van der Waals surface area contributed by atoms with Gasteiger partial charge in [-0.3, -0.25) is 0 Å². The summed E-state index contributed by atoms with van der Waals surface area (Å²) in [6.07, 6.45) is 3.54. The number of anilines is 2. The molecule has 0 saturated heterocycles. The van der Waals surface area contributed by atoms with Gasteiger partial charge in [-0.1, -0.05) is 6.07 Å². The fourth-order valence-corrected chi connectivity index (χ4v) is 3.41. The zero-order valence-corrected chi connectivity index (χ0v) is 14.5. The minimum Gasteiger partial charge on any atom is -0.365 e. The maximum atomic E-state index is 4.55. The molecule has 23 heavy (non-hydrogen) atoms. The number of thiophene rings is 1. The minimum absolute atomic E-state index is 0.701. The Balaban J connectivity index is 1.72. The van der Waals surface area contributed by atoms with Gasteiger partial charge in [0.25, 0.3) is 0 Å². The summed E-state index contributed by atoms with van der Waals surface area (Å²) in [6, 6.07) is 6.32. The van der Waals surface area contributed by atoms with E-state index < -0.39 is 0 Å². The molecule has 3 aromatic rings. The number of aryl methyl sites for hydroxylation is 1. The van der Waals surface area contributed by atoms with Gasteiger partial charge in [0.2, 0.25) is 0 Å².